The fourth-order valence-electron chi connectivity index (χ4n) is 1.16. The number of nitrogens with one attached hydrogen (secondary N) is 1. The molecule has 0 aromatic heterocycles. The summed E-state index contributed by atoms with van der Waals surface area (Å²) in [6.07, 6.45) is 1.19. The van der Waals surface area contributed by atoms with Crippen molar-refractivity contribution < 1.29 is 0 Å². The largest absolute Gasteiger partial charge is 0.259 e. The standard InChI is InChI=1S/C11H17BrN2S/c1-13-14(2)7-4-8-15-11-6-3-5-10(12)9-11/h3,5-6,9,13H,4,7-8H2,1-2H3. The average Bonchev–Trinajstić information content (AvgIpc) is 2.24. The van der Waals surface area contributed by atoms with Gasteiger partial charge in [0.15, 0.2) is 0 Å². The Kier molecular flexibility index (Phi) is 6.32. The van der Waals surface area contributed by atoms with Crippen molar-refractivity contribution in [2.24, 2.45) is 0 Å². The Labute approximate surface area is 105 Å². The van der Waals surface area contributed by atoms with Gasteiger partial charge in [-0.1, -0.05) is 22.0 Å². The van der Waals surface area contributed by atoms with Crippen LogP contribution in [0.2, 0.25) is 0 Å². The highest BCUT2D eigenvalue weighted by molar-refractivity contribution is 9.10. The predicted octanol–water partition coefficient (Wildman–Crippen LogP) is 3.00. The second kappa shape index (κ2) is 7.28. The van der Waals surface area contributed by atoms with Crippen molar-refractivity contribution in [3.05, 3.63) is 28.7 Å². The number of thioether (sulfide) groups is 1. The van der Waals surface area contributed by atoms with Crippen molar-refractivity contribution in [1.29, 1.82) is 0 Å². The third kappa shape index (κ3) is 5.56. The normalized spacial score (nSPS) is 10.9. The molecule has 15 heavy (non-hydrogen) atoms. The first kappa shape index (κ1) is 13.0. The van der Waals surface area contributed by atoms with Gasteiger partial charge in [-0.25, -0.2) is 5.01 Å². The van der Waals surface area contributed by atoms with Crippen LogP contribution in [0.1, 0.15) is 6.42 Å². The predicted molar refractivity (Wildman–Crippen MR) is 71.2 cm³/mol. The monoisotopic (exact) mass is 288 g/mol. The third-order valence-electron chi connectivity index (χ3n) is 2.08. The molecule has 0 radical (unpaired) electrons. The molecule has 0 unspecified atom stereocenters. The van der Waals surface area contributed by atoms with E-state index in [0.29, 0.717) is 0 Å². The van der Waals surface area contributed by atoms with Gasteiger partial charge in [0.05, 0.1) is 0 Å². The molecular formula is C11H17BrN2S. The van der Waals surface area contributed by atoms with Crippen LogP contribution in [0.3, 0.4) is 0 Å². The summed E-state index contributed by atoms with van der Waals surface area (Å²) in [5.41, 5.74) is 3.09. The van der Waals surface area contributed by atoms with E-state index in [9.17, 15) is 0 Å². The van der Waals surface area contributed by atoms with Crippen LogP contribution in [0, 0.1) is 0 Å². The summed E-state index contributed by atoms with van der Waals surface area (Å²) >= 11 is 5.38. The maximum Gasteiger partial charge on any atom is 0.0186 e. The molecular weight excluding hydrogens is 272 g/mol. The molecule has 0 aliphatic rings. The Morgan fingerprint density at radius 1 is 1.47 bits per heavy atom. The van der Waals surface area contributed by atoms with Gasteiger partial charge in [-0.2, -0.15) is 0 Å². The van der Waals surface area contributed by atoms with Crippen LogP contribution in [0.5, 0.6) is 0 Å². The second-order valence-corrected chi connectivity index (χ2v) is 5.39. The maximum absolute atomic E-state index is 3.47. The topological polar surface area (TPSA) is 15.3 Å². The van der Waals surface area contributed by atoms with Gasteiger partial charge < -0.3 is 0 Å². The van der Waals surface area contributed by atoms with E-state index >= 15 is 0 Å². The molecule has 0 saturated heterocycles. The highest BCUT2D eigenvalue weighted by atomic mass is 79.9. The van der Waals surface area contributed by atoms with E-state index in [0.717, 1.165) is 16.8 Å². The van der Waals surface area contributed by atoms with E-state index < -0.39 is 0 Å². The van der Waals surface area contributed by atoms with E-state index in [1.54, 1.807) is 0 Å². The van der Waals surface area contributed by atoms with Crippen molar-refractivity contribution in [2.45, 2.75) is 11.3 Å². The van der Waals surface area contributed by atoms with Gasteiger partial charge in [-0.3, -0.25) is 5.43 Å². The first-order chi connectivity index (χ1) is 7.22. The lowest BCUT2D eigenvalue weighted by Crippen LogP contribution is -2.31. The van der Waals surface area contributed by atoms with E-state index in [-0.39, 0.29) is 0 Å². The van der Waals surface area contributed by atoms with Gasteiger partial charge >= 0.3 is 0 Å². The minimum absolute atomic E-state index is 1.08. The lowest BCUT2D eigenvalue weighted by molar-refractivity contribution is 0.262. The molecule has 0 aliphatic heterocycles. The van der Waals surface area contributed by atoms with Crippen molar-refractivity contribution in [1.82, 2.24) is 10.4 Å². The molecule has 0 bridgehead atoms. The Balaban J connectivity index is 2.20. The fourth-order valence-corrected chi connectivity index (χ4v) is 2.61. The molecule has 0 fully saturated rings. The summed E-state index contributed by atoms with van der Waals surface area (Å²) in [6, 6.07) is 8.44. The number of nitrogens with zero attached hydrogens (tertiary/aromatic N) is 1. The number of hydrazine groups is 1. The van der Waals surface area contributed by atoms with E-state index in [1.165, 1.54) is 11.3 Å². The van der Waals surface area contributed by atoms with Crippen molar-refractivity contribution in [2.75, 3.05) is 26.4 Å². The molecule has 0 aliphatic carbocycles. The van der Waals surface area contributed by atoms with E-state index in [1.807, 2.05) is 18.8 Å². The minimum atomic E-state index is 1.08. The lowest BCUT2D eigenvalue weighted by atomic mass is 10.4. The van der Waals surface area contributed by atoms with Gasteiger partial charge in [0.25, 0.3) is 0 Å². The molecule has 0 amide bonds. The smallest absolute Gasteiger partial charge is 0.0186 e. The van der Waals surface area contributed by atoms with Gasteiger partial charge in [0.1, 0.15) is 0 Å². The number of benzene rings is 1. The van der Waals surface area contributed by atoms with Gasteiger partial charge in [-0.15, -0.1) is 11.8 Å². The van der Waals surface area contributed by atoms with Crippen molar-refractivity contribution in [3.8, 4) is 0 Å². The van der Waals surface area contributed by atoms with Crippen LogP contribution in [0.25, 0.3) is 0 Å². The van der Waals surface area contributed by atoms with Crippen molar-refractivity contribution >= 4 is 27.7 Å². The summed E-state index contributed by atoms with van der Waals surface area (Å²) in [4.78, 5) is 1.33. The molecule has 0 heterocycles. The number of hydrogen-bond acceptors (Lipinski definition) is 3. The first-order valence-corrected chi connectivity index (χ1v) is 6.77. The van der Waals surface area contributed by atoms with Crippen LogP contribution < -0.4 is 5.43 Å². The zero-order chi connectivity index (χ0) is 11.1. The highest BCUT2D eigenvalue weighted by Crippen LogP contribution is 2.22. The molecule has 1 rings (SSSR count). The zero-order valence-corrected chi connectivity index (χ0v) is 11.6. The highest BCUT2D eigenvalue weighted by Gasteiger charge is 1.97. The Hall–Kier alpha value is -0.0300. The molecule has 1 aromatic rings. The summed E-state index contributed by atoms with van der Waals surface area (Å²) in [5.74, 6) is 1.16. The quantitative estimate of drug-likeness (QED) is 0.492. The van der Waals surface area contributed by atoms with Gasteiger partial charge in [0, 0.05) is 23.0 Å². The fraction of sp³-hybridized carbons (Fsp3) is 0.455. The van der Waals surface area contributed by atoms with Crippen LogP contribution >= 0.6 is 27.7 Å². The number of hydrogen-bond donors (Lipinski definition) is 1. The van der Waals surface area contributed by atoms with E-state index in [2.05, 4.69) is 57.7 Å². The molecule has 1 aromatic carbocycles. The van der Waals surface area contributed by atoms with Crippen LogP contribution in [-0.4, -0.2) is 31.4 Å². The van der Waals surface area contributed by atoms with Crippen LogP contribution in [0.4, 0.5) is 0 Å². The summed E-state index contributed by atoms with van der Waals surface area (Å²) in [7, 11) is 4.01. The Morgan fingerprint density at radius 2 is 2.27 bits per heavy atom. The molecule has 4 heteroatoms. The van der Waals surface area contributed by atoms with E-state index in [4.69, 9.17) is 0 Å². The first-order valence-electron chi connectivity index (χ1n) is 4.99. The maximum atomic E-state index is 3.47. The second-order valence-electron chi connectivity index (χ2n) is 3.30. The van der Waals surface area contributed by atoms with Crippen molar-refractivity contribution in [3.63, 3.8) is 0 Å². The number of rotatable bonds is 6. The zero-order valence-electron chi connectivity index (χ0n) is 9.16. The lowest BCUT2D eigenvalue weighted by Gasteiger charge is -2.13. The third-order valence-corrected chi connectivity index (χ3v) is 3.66. The Morgan fingerprint density at radius 3 is 2.93 bits per heavy atom. The number of halogens is 1. The molecule has 0 atom stereocenters. The molecule has 0 saturated carbocycles. The van der Waals surface area contributed by atoms with Gasteiger partial charge in [-0.05, 0) is 37.4 Å². The van der Waals surface area contributed by atoms with Crippen LogP contribution in [0.15, 0.2) is 33.6 Å². The minimum Gasteiger partial charge on any atom is -0.259 e. The average molecular weight is 289 g/mol. The molecule has 0 spiro atoms. The molecule has 2 nitrogen and oxygen atoms in total. The summed E-state index contributed by atoms with van der Waals surface area (Å²) in [5, 5.41) is 2.10. The summed E-state index contributed by atoms with van der Waals surface area (Å²) in [6.45, 7) is 1.08. The van der Waals surface area contributed by atoms with Gasteiger partial charge in [0.2, 0.25) is 0 Å². The molecule has 1 N–H and O–H groups in total. The SMILES string of the molecule is CNN(C)CCCSc1cccc(Br)c1. The van der Waals surface area contributed by atoms with Crippen LogP contribution in [-0.2, 0) is 0 Å². The molecule has 84 valence electrons. The summed E-state index contributed by atoms with van der Waals surface area (Å²) < 4.78 is 1.15. The Bertz CT molecular complexity index is 294.